The van der Waals surface area contributed by atoms with Gasteiger partial charge in [-0.2, -0.15) is 0 Å². The number of aromatic nitrogens is 2. The highest BCUT2D eigenvalue weighted by molar-refractivity contribution is 9.09. The first-order valence-corrected chi connectivity index (χ1v) is 7.03. The summed E-state index contributed by atoms with van der Waals surface area (Å²) >= 11 is 3.42. The van der Waals surface area contributed by atoms with Crippen molar-refractivity contribution in [2.24, 2.45) is 7.05 Å². The molecule has 0 bridgehead atoms. The van der Waals surface area contributed by atoms with Gasteiger partial charge in [0.25, 0.3) is 0 Å². The van der Waals surface area contributed by atoms with Gasteiger partial charge in [0.15, 0.2) is 0 Å². The van der Waals surface area contributed by atoms with E-state index < -0.39 is 0 Å². The SMILES string of the molecule is Cn1ccc2cc(OCCCCCBr)cnc21. The summed E-state index contributed by atoms with van der Waals surface area (Å²) in [6.07, 6.45) is 7.31. The molecule has 0 fully saturated rings. The van der Waals surface area contributed by atoms with Crippen LogP contribution >= 0.6 is 15.9 Å². The molecule has 0 saturated carbocycles. The molecule has 0 N–H and O–H groups in total. The van der Waals surface area contributed by atoms with Crippen molar-refractivity contribution in [3.8, 4) is 5.75 Å². The quantitative estimate of drug-likeness (QED) is 0.602. The van der Waals surface area contributed by atoms with Crippen LogP contribution in [0.1, 0.15) is 19.3 Å². The summed E-state index contributed by atoms with van der Waals surface area (Å²) in [4.78, 5) is 4.39. The highest BCUT2D eigenvalue weighted by atomic mass is 79.9. The molecular formula is C13H17BrN2O. The predicted molar refractivity (Wildman–Crippen MR) is 73.9 cm³/mol. The van der Waals surface area contributed by atoms with E-state index in [1.807, 2.05) is 23.9 Å². The minimum atomic E-state index is 0.771. The maximum Gasteiger partial charge on any atom is 0.139 e. The average molecular weight is 297 g/mol. The first-order chi connectivity index (χ1) is 8.31. The molecule has 3 nitrogen and oxygen atoms in total. The van der Waals surface area contributed by atoms with Gasteiger partial charge in [-0.05, 0) is 31.4 Å². The van der Waals surface area contributed by atoms with E-state index in [4.69, 9.17) is 4.74 Å². The Morgan fingerprint density at radius 2 is 2.24 bits per heavy atom. The number of pyridine rings is 1. The summed E-state index contributed by atoms with van der Waals surface area (Å²) in [5.41, 5.74) is 0.997. The Labute approximate surface area is 110 Å². The van der Waals surface area contributed by atoms with Gasteiger partial charge in [-0.3, -0.25) is 0 Å². The Balaban J connectivity index is 1.91. The lowest BCUT2D eigenvalue weighted by Crippen LogP contribution is -1.98. The van der Waals surface area contributed by atoms with E-state index in [1.54, 1.807) is 6.20 Å². The molecule has 4 heteroatoms. The van der Waals surface area contributed by atoms with Crippen LogP contribution < -0.4 is 4.74 Å². The fourth-order valence-corrected chi connectivity index (χ4v) is 2.17. The van der Waals surface area contributed by atoms with E-state index in [1.165, 1.54) is 12.8 Å². The summed E-state index contributed by atoms with van der Waals surface area (Å²) in [6, 6.07) is 4.10. The van der Waals surface area contributed by atoms with Crippen LogP contribution in [-0.2, 0) is 7.05 Å². The molecule has 17 heavy (non-hydrogen) atoms. The molecule has 0 aromatic carbocycles. The highest BCUT2D eigenvalue weighted by Gasteiger charge is 2.01. The zero-order valence-electron chi connectivity index (χ0n) is 10.0. The van der Waals surface area contributed by atoms with Crippen LogP contribution in [0.4, 0.5) is 0 Å². The predicted octanol–water partition coefficient (Wildman–Crippen LogP) is 3.52. The Bertz CT molecular complexity index is 481. The average Bonchev–Trinajstić information content (AvgIpc) is 2.71. The lowest BCUT2D eigenvalue weighted by molar-refractivity contribution is 0.306. The molecule has 92 valence electrons. The normalized spacial score (nSPS) is 10.9. The van der Waals surface area contributed by atoms with Crippen LogP contribution in [0.25, 0.3) is 11.0 Å². The second-order valence-corrected chi connectivity index (χ2v) is 4.90. The first kappa shape index (κ1) is 12.4. The van der Waals surface area contributed by atoms with E-state index >= 15 is 0 Å². The van der Waals surface area contributed by atoms with Crippen LogP contribution in [-0.4, -0.2) is 21.5 Å². The maximum absolute atomic E-state index is 5.68. The number of nitrogens with zero attached hydrogens (tertiary/aromatic N) is 2. The smallest absolute Gasteiger partial charge is 0.139 e. The molecule has 0 saturated heterocycles. The Kier molecular flexibility index (Phi) is 4.42. The molecule has 0 radical (unpaired) electrons. The largest absolute Gasteiger partial charge is 0.492 e. The molecule has 2 rings (SSSR count). The number of rotatable bonds is 6. The van der Waals surface area contributed by atoms with E-state index in [0.29, 0.717) is 0 Å². The van der Waals surface area contributed by atoms with Crippen molar-refractivity contribution < 1.29 is 4.74 Å². The lowest BCUT2D eigenvalue weighted by atomic mass is 10.3. The van der Waals surface area contributed by atoms with Crippen LogP contribution in [0.3, 0.4) is 0 Å². The van der Waals surface area contributed by atoms with Crippen molar-refractivity contribution in [1.29, 1.82) is 0 Å². The Morgan fingerprint density at radius 1 is 1.35 bits per heavy atom. The van der Waals surface area contributed by atoms with Gasteiger partial charge in [0.1, 0.15) is 11.4 Å². The molecule has 2 heterocycles. The Hall–Kier alpha value is -1.03. The van der Waals surface area contributed by atoms with Crippen molar-refractivity contribution in [3.05, 3.63) is 24.5 Å². The van der Waals surface area contributed by atoms with Crippen molar-refractivity contribution >= 4 is 27.0 Å². The second kappa shape index (κ2) is 6.05. The molecule has 0 spiro atoms. The minimum absolute atomic E-state index is 0.771. The standard InChI is InChI=1S/C13H17BrN2O/c1-16-7-5-11-9-12(10-15-13(11)16)17-8-4-2-3-6-14/h5,7,9-10H,2-4,6,8H2,1H3. The van der Waals surface area contributed by atoms with Gasteiger partial charge in [0.2, 0.25) is 0 Å². The van der Waals surface area contributed by atoms with Crippen molar-refractivity contribution in [2.75, 3.05) is 11.9 Å². The van der Waals surface area contributed by atoms with Gasteiger partial charge >= 0.3 is 0 Å². The first-order valence-electron chi connectivity index (χ1n) is 5.91. The highest BCUT2D eigenvalue weighted by Crippen LogP contribution is 2.18. The number of hydrogen-bond donors (Lipinski definition) is 0. The van der Waals surface area contributed by atoms with Gasteiger partial charge in [-0.1, -0.05) is 15.9 Å². The van der Waals surface area contributed by atoms with Gasteiger partial charge in [0, 0.05) is 24.0 Å². The van der Waals surface area contributed by atoms with Gasteiger partial charge in [-0.15, -0.1) is 0 Å². The maximum atomic E-state index is 5.68. The van der Waals surface area contributed by atoms with Crippen molar-refractivity contribution in [2.45, 2.75) is 19.3 Å². The minimum Gasteiger partial charge on any atom is -0.492 e. The monoisotopic (exact) mass is 296 g/mol. The van der Waals surface area contributed by atoms with Crippen LogP contribution in [0.2, 0.25) is 0 Å². The summed E-state index contributed by atoms with van der Waals surface area (Å²) in [6.45, 7) is 0.771. The molecule has 2 aromatic heterocycles. The molecule has 0 amide bonds. The fraction of sp³-hybridized carbons (Fsp3) is 0.462. The zero-order valence-corrected chi connectivity index (χ0v) is 11.6. The Morgan fingerprint density at radius 3 is 3.06 bits per heavy atom. The molecule has 0 atom stereocenters. The van der Waals surface area contributed by atoms with Gasteiger partial charge in [-0.25, -0.2) is 4.98 Å². The number of unbranched alkanes of at least 4 members (excludes halogenated alkanes) is 2. The number of ether oxygens (including phenoxy) is 1. The zero-order chi connectivity index (χ0) is 12.1. The molecule has 2 aromatic rings. The van der Waals surface area contributed by atoms with Crippen molar-refractivity contribution in [1.82, 2.24) is 9.55 Å². The van der Waals surface area contributed by atoms with Gasteiger partial charge < -0.3 is 9.30 Å². The third-order valence-electron chi connectivity index (χ3n) is 2.73. The third-order valence-corrected chi connectivity index (χ3v) is 3.29. The number of fused-ring (bicyclic) bond motifs is 1. The van der Waals surface area contributed by atoms with Crippen LogP contribution in [0.5, 0.6) is 5.75 Å². The fourth-order valence-electron chi connectivity index (χ4n) is 1.78. The summed E-state index contributed by atoms with van der Waals surface area (Å²) in [5.74, 6) is 0.863. The summed E-state index contributed by atoms with van der Waals surface area (Å²) < 4.78 is 7.69. The van der Waals surface area contributed by atoms with E-state index in [2.05, 4.69) is 27.0 Å². The number of hydrogen-bond acceptors (Lipinski definition) is 2. The number of halogens is 1. The third kappa shape index (κ3) is 3.22. The number of aryl methyl sites for hydroxylation is 1. The second-order valence-electron chi connectivity index (χ2n) is 4.11. The summed E-state index contributed by atoms with van der Waals surface area (Å²) in [7, 11) is 2.00. The molecule has 0 aliphatic carbocycles. The number of alkyl halides is 1. The van der Waals surface area contributed by atoms with E-state index in [0.717, 1.165) is 35.1 Å². The van der Waals surface area contributed by atoms with Gasteiger partial charge in [0.05, 0.1) is 12.8 Å². The molecule has 0 aliphatic heterocycles. The van der Waals surface area contributed by atoms with Crippen LogP contribution in [0, 0.1) is 0 Å². The topological polar surface area (TPSA) is 27.1 Å². The van der Waals surface area contributed by atoms with Crippen molar-refractivity contribution in [3.63, 3.8) is 0 Å². The van der Waals surface area contributed by atoms with E-state index in [9.17, 15) is 0 Å². The molecular weight excluding hydrogens is 280 g/mol. The lowest BCUT2D eigenvalue weighted by Gasteiger charge is -2.05. The van der Waals surface area contributed by atoms with Crippen LogP contribution in [0.15, 0.2) is 24.5 Å². The van der Waals surface area contributed by atoms with E-state index in [-0.39, 0.29) is 0 Å². The molecule has 0 aliphatic rings. The molecule has 0 unspecified atom stereocenters. The summed E-state index contributed by atoms with van der Waals surface area (Å²) in [5, 5.41) is 2.20.